The number of benzene rings is 2. The summed E-state index contributed by atoms with van der Waals surface area (Å²) < 4.78 is 38.0. The van der Waals surface area contributed by atoms with Crippen molar-refractivity contribution in [2.24, 2.45) is 0 Å². The second kappa shape index (κ2) is 11.2. The second-order valence-electron chi connectivity index (χ2n) is 7.92. The van der Waals surface area contributed by atoms with Crippen LogP contribution in [-0.2, 0) is 21.4 Å². The average Bonchev–Trinajstić information content (AvgIpc) is 3.34. The van der Waals surface area contributed by atoms with Crippen LogP contribution in [0.5, 0.6) is 11.5 Å². The molecule has 0 radical (unpaired) electrons. The van der Waals surface area contributed by atoms with Crippen molar-refractivity contribution < 1.29 is 32.6 Å². The summed E-state index contributed by atoms with van der Waals surface area (Å²) in [6.07, 6.45) is 0.339. The lowest BCUT2D eigenvalue weighted by atomic mass is 10.1. The summed E-state index contributed by atoms with van der Waals surface area (Å²) in [6, 6.07) is 9.90. The van der Waals surface area contributed by atoms with Crippen LogP contribution in [-0.4, -0.2) is 44.6 Å². The number of methoxy groups -OCH3 is 2. The molecule has 3 amide bonds. The van der Waals surface area contributed by atoms with E-state index in [1.807, 2.05) is 4.72 Å². The monoisotopic (exact) mass is 578 g/mol. The zero-order valence-electron chi connectivity index (χ0n) is 20.1. The first kappa shape index (κ1) is 27.1. The summed E-state index contributed by atoms with van der Waals surface area (Å²) in [4.78, 5) is 26.8. The Kier molecular flexibility index (Phi) is 7.99. The molecule has 0 saturated carbocycles. The van der Waals surface area contributed by atoms with Crippen molar-refractivity contribution in [3.8, 4) is 11.5 Å². The molecule has 1 unspecified atom stereocenters. The number of carbonyl (C=O) groups is 2. The summed E-state index contributed by atoms with van der Waals surface area (Å²) in [5, 5.41) is 18.8. The predicted octanol–water partition coefficient (Wildman–Crippen LogP) is 3.96. The summed E-state index contributed by atoms with van der Waals surface area (Å²) in [5.74, 6) is -0.283. The number of carbonyl (C=O) groups excluding carboxylic acids is 2. The molecule has 1 aromatic heterocycles. The standard InChI is InChI=1S/C24H23ClN4O7S2/c1-35-19-8-5-6-14(21(19)36-2)11-29-22(26-10-18(30)23(29)31)15-12-37-13-17(15)27-24(32)28-38(33,34)20-9-4-3-7-16(20)25/h3-10,12-13,22,26,30H,11H2,1-2H3,(H2,27,28,32). The fourth-order valence-corrected chi connectivity index (χ4v) is 6.09. The molecule has 200 valence electrons. The normalized spacial score (nSPS) is 15.3. The van der Waals surface area contributed by atoms with Crippen LogP contribution in [0.2, 0.25) is 5.02 Å². The number of ether oxygens (including phenoxy) is 2. The largest absolute Gasteiger partial charge is 0.502 e. The van der Waals surface area contributed by atoms with E-state index in [-0.39, 0.29) is 22.2 Å². The van der Waals surface area contributed by atoms with Crippen molar-refractivity contribution in [1.82, 2.24) is 14.9 Å². The van der Waals surface area contributed by atoms with Crippen molar-refractivity contribution in [2.75, 3.05) is 19.5 Å². The molecule has 0 bridgehead atoms. The minimum absolute atomic E-state index is 0.0111. The van der Waals surface area contributed by atoms with Crippen LogP contribution in [0, 0.1) is 0 Å². The third-order valence-corrected chi connectivity index (χ3v) is 8.18. The average molecular weight is 579 g/mol. The van der Waals surface area contributed by atoms with Crippen LogP contribution < -0.4 is 24.8 Å². The number of aliphatic hydroxyl groups is 1. The second-order valence-corrected chi connectivity index (χ2v) is 10.7. The van der Waals surface area contributed by atoms with Gasteiger partial charge in [0.15, 0.2) is 17.3 Å². The van der Waals surface area contributed by atoms with Gasteiger partial charge in [0.05, 0.1) is 31.5 Å². The van der Waals surface area contributed by atoms with Crippen LogP contribution in [0.15, 0.2) is 70.1 Å². The minimum Gasteiger partial charge on any atom is -0.502 e. The first-order chi connectivity index (χ1) is 18.2. The smallest absolute Gasteiger partial charge is 0.333 e. The lowest BCUT2D eigenvalue weighted by Gasteiger charge is -2.35. The molecule has 1 aliphatic rings. The molecule has 38 heavy (non-hydrogen) atoms. The fourth-order valence-electron chi connectivity index (χ4n) is 3.86. The zero-order valence-corrected chi connectivity index (χ0v) is 22.5. The number of nitrogens with zero attached hydrogens (tertiary/aromatic N) is 1. The van der Waals surface area contributed by atoms with E-state index < -0.39 is 33.9 Å². The van der Waals surface area contributed by atoms with E-state index in [1.54, 1.807) is 35.0 Å². The molecule has 11 nitrogen and oxygen atoms in total. The quantitative estimate of drug-likeness (QED) is 0.314. The van der Waals surface area contributed by atoms with Crippen molar-refractivity contribution in [3.63, 3.8) is 0 Å². The van der Waals surface area contributed by atoms with Gasteiger partial charge in [-0.15, -0.1) is 11.3 Å². The zero-order chi connectivity index (χ0) is 27.4. The first-order valence-corrected chi connectivity index (χ1v) is 13.8. The Hall–Kier alpha value is -3.94. The van der Waals surface area contributed by atoms with Gasteiger partial charge in [0.2, 0.25) is 0 Å². The van der Waals surface area contributed by atoms with Gasteiger partial charge < -0.3 is 30.1 Å². The molecule has 1 aliphatic heterocycles. The number of rotatable bonds is 8. The Bertz CT molecular complexity index is 1510. The Balaban J connectivity index is 1.60. The molecule has 14 heteroatoms. The van der Waals surface area contributed by atoms with E-state index in [9.17, 15) is 23.1 Å². The van der Waals surface area contributed by atoms with E-state index in [1.165, 1.54) is 48.7 Å². The topological polar surface area (TPSA) is 146 Å². The van der Waals surface area contributed by atoms with E-state index >= 15 is 0 Å². The number of aliphatic hydroxyl groups excluding tert-OH is 1. The maximum Gasteiger partial charge on any atom is 0.333 e. The molecule has 0 spiro atoms. The molecule has 0 fully saturated rings. The predicted molar refractivity (Wildman–Crippen MR) is 142 cm³/mol. The van der Waals surface area contributed by atoms with Crippen molar-refractivity contribution in [2.45, 2.75) is 17.6 Å². The number of sulfonamides is 1. The number of amides is 3. The number of nitrogens with one attached hydrogen (secondary N) is 3. The van der Waals surface area contributed by atoms with Gasteiger partial charge in [-0.05, 0) is 18.2 Å². The van der Waals surface area contributed by atoms with Gasteiger partial charge in [-0.1, -0.05) is 35.9 Å². The molecular weight excluding hydrogens is 556 g/mol. The number of hydrogen-bond acceptors (Lipinski definition) is 9. The highest BCUT2D eigenvalue weighted by atomic mass is 35.5. The Morgan fingerprint density at radius 3 is 2.63 bits per heavy atom. The summed E-state index contributed by atoms with van der Waals surface area (Å²) in [7, 11) is -1.28. The third kappa shape index (κ3) is 5.49. The number of halogens is 1. The van der Waals surface area contributed by atoms with Gasteiger partial charge in [-0.25, -0.2) is 17.9 Å². The lowest BCUT2D eigenvalue weighted by molar-refractivity contribution is -0.135. The van der Waals surface area contributed by atoms with Gasteiger partial charge in [-0.3, -0.25) is 4.79 Å². The van der Waals surface area contributed by atoms with E-state index in [4.69, 9.17) is 21.1 Å². The van der Waals surface area contributed by atoms with Gasteiger partial charge in [0.1, 0.15) is 11.1 Å². The van der Waals surface area contributed by atoms with Crippen LogP contribution in [0.3, 0.4) is 0 Å². The van der Waals surface area contributed by atoms with Crippen molar-refractivity contribution in [1.29, 1.82) is 0 Å². The third-order valence-electron chi connectivity index (χ3n) is 5.58. The lowest BCUT2D eigenvalue weighted by Crippen LogP contribution is -2.45. The summed E-state index contributed by atoms with van der Waals surface area (Å²) >= 11 is 7.20. The minimum atomic E-state index is -4.25. The summed E-state index contributed by atoms with van der Waals surface area (Å²) in [6.45, 7) is 0.0111. The van der Waals surface area contributed by atoms with Gasteiger partial charge in [-0.2, -0.15) is 0 Å². The molecule has 3 aromatic rings. The SMILES string of the molecule is COc1cccc(CN2C(=O)C(O)=CNC2c2cscc2NC(=O)NS(=O)(=O)c2ccccc2Cl)c1OC. The molecule has 4 N–H and O–H groups in total. The molecule has 4 rings (SSSR count). The highest BCUT2D eigenvalue weighted by Gasteiger charge is 2.34. The van der Waals surface area contributed by atoms with Crippen LogP contribution in [0.4, 0.5) is 10.5 Å². The van der Waals surface area contributed by atoms with E-state index in [0.717, 1.165) is 6.20 Å². The maximum absolute atomic E-state index is 13.0. The van der Waals surface area contributed by atoms with Gasteiger partial charge >= 0.3 is 6.03 Å². The Morgan fingerprint density at radius 1 is 1.16 bits per heavy atom. The van der Waals surface area contributed by atoms with E-state index in [2.05, 4.69) is 10.6 Å². The highest BCUT2D eigenvalue weighted by molar-refractivity contribution is 7.90. The number of para-hydroxylation sites is 1. The Labute approximate surface area is 227 Å². The highest BCUT2D eigenvalue weighted by Crippen LogP contribution is 2.36. The van der Waals surface area contributed by atoms with Crippen LogP contribution in [0.1, 0.15) is 17.3 Å². The molecule has 0 saturated heterocycles. The first-order valence-electron chi connectivity index (χ1n) is 11.0. The van der Waals surface area contributed by atoms with Crippen LogP contribution in [0.25, 0.3) is 0 Å². The molecule has 0 aliphatic carbocycles. The number of hydrogen-bond donors (Lipinski definition) is 4. The van der Waals surface area contributed by atoms with Gasteiger partial charge in [0.25, 0.3) is 15.9 Å². The fraction of sp³-hybridized carbons (Fsp3) is 0.167. The maximum atomic E-state index is 13.0. The van der Waals surface area contributed by atoms with Crippen LogP contribution >= 0.6 is 22.9 Å². The van der Waals surface area contributed by atoms with Gasteiger partial charge in [0, 0.05) is 28.1 Å². The number of urea groups is 1. The van der Waals surface area contributed by atoms with Crippen molar-refractivity contribution >= 4 is 50.6 Å². The molecule has 1 atom stereocenters. The number of thiophene rings is 1. The summed E-state index contributed by atoms with van der Waals surface area (Å²) in [5.41, 5.74) is 1.32. The van der Waals surface area contributed by atoms with E-state index in [0.29, 0.717) is 22.6 Å². The molecule has 2 heterocycles. The molecular formula is C24H23ClN4O7S2. The Morgan fingerprint density at radius 2 is 1.92 bits per heavy atom. The number of anilines is 1. The van der Waals surface area contributed by atoms with Crippen molar-refractivity contribution in [3.05, 3.63) is 81.3 Å². The molecule has 2 aromatic carbocycles.